The minimum Gasteiger partial charge on any atom is -0.507 e. The third kappa shape index (κ3) is 2.68. The van der Waals surface area contributed by atoms with E-state index >= 15 is 0 Å². The van der Waals surface area contributed by atoms with Crippen molar-refractivity contribution in [3.63, 3.8) is 0 Å². The van der Waals surface area contributed by atoms with Gasteiger partial charge in [0.2, 0.25) is 5.78 Å². The molecular formula is C21H16O3S. The first-order valence-electron chi connectivity index (χ1n) is 8.01. The van der Waals surface area contributed by atoms with Gasteiger partial charge in [-0.25, -0.2) is 0 Å². The highest BCUT2D eigenvalue weighted by Gasteiger charge is 2.35. The number of aromatic hydroxyl groups is 2. The molecule has 0 fully saturated rings. The van der Waals surface area contributed by atoms with E-state index < -0.39 is 0 Å². The number of hydrogen-bond acceptors (Lipinski definition) is 4. The van der Waals surface area contributed by atoms with Gasteiger partial charge in [0.15, 0.2) is 0 Å². The second kappa shape index (κ2) is 6.30. The summed E-state index contributed by atoms with van der Waals surface area (Å²) >= 11 is 1.68. The van der Waals surface area contributed by atoms with E-state index in [0.717, 1.165) is 16.9 Å². The van der Waals surface area contributed by atoms with Crippen LogP contribution in [0.3, 0.4) is 0 Å². The van der Waals surface area contributed by atoms with Crippen LogP contribution in [0.1, 0.15) is 37.9 Å². The molecule has 0 bridgehead atoms. The second-order valence-corrected chi connectivity index (χ2v) is 7.08. The zero-order valence-electron chi connectivity index (χ0n) is 13.3. The molecule has 25 heavy (non-hydrogen) atoms. The monoisotopic (exact) mass is 348 g/mol. The summed E-state index contributed by atoms with van der Waals surface area (Å²) in [6.45, 7) is 0. The molecule has 3 aromatic rings. The zero-order chi connectivity index (χ0) is 17.4. The largest absolute Gasteiger partial charge is 0.507 e. The molecule has 2 N–H and O–H groups in total. The maximum atomic E-state index is 12.8. The average molecular weight is 348 g/mol. The molecule has 3 nitrogen and oxygen atoms in total. The maximum Gasteiger partial charge on any atom is 0.201 e. The minimum absolute atomic E-state index is 0.0401. The second-order valence-electron chi connectivity index (χ2n) is 5.99. The average Bonchev–Trinajstić information content (AvgIpc) is 2.62. The van der Waals surface area contributed by atoms with Crippen molar-refractivity contribution in [3.05, 3.63) is 94.5 Å². The fourth-order valence-corrected chi connectivity index (χ4v) is 4.58. The Bertz CT molecular complexity index is 895. The van der Waals surface area contributed by atoms with Crippen molar-refractivity contribution in [1.29, 1.82) is 0 Å². The molecule has 0 saturated heterocycles. The quantitative estimate of drug-likeness (QED) is 0.722. The molecule has 0 amide bonds. The van der Waals surface area contributed by atoms with Gasteiger partial charge in [-0.05, 0) is 28.8 Å². The summed E-state index contributed by atoms with van der Waals surface area (Å²) in [4.78, 5) is 12.8. The van der Waals surface area contributed by atoms with Gasteiger partial charge in [0.05, 0.1) is 16.4 Å². The summed E-state index contributed by atoms with van der Waals surface area (Å²) in [6.07, 6.45) is 0. The molecule has 0 aromatic heterocycles. The Kier molecular flexibility index (Phi) is 3.98. The number of carbonyl (C=O) groups excluding carboxylic acids is 1. The third-order valence-electron chi connectivity index (χ3n) is 4.43. The molecule has 0 atom stereocenters. The number of ketones is 1. The molecule has 124 valence electrons. The number of phenols is 2. The Morgan fingerprint density at radius 2 is 1.32 bits per heavy atom. The van der Waals surface area contributed by atoms with E-state index in [0.29, 0.717) is 11.1 Å². The Morgan fingerprint density at radius 1 is 0.760 bits per heavy atom. The van der Waals surface area contributed by atoms with Crippen molar-refractivity contribution < 1.29 is 15.0 Å². The van der Waals surface area contributed by atoms with E-state index in [9.17, 15) is 15.0 Å². The minimum atomic E-state index is -0.322. The van der Waals surface area contributed by atoms with Crippen LogP contribution in [0.2, 0.25) is 0 Å². The highest BCUT2D eigenvalue weighted by Crippen LogP contribution is 2.48. The lowest BCUT2D eigenvalue weighted by molar-refractivity contribution is 0.102. The number of thioether (sulfide) groups is 1. The summed E-state index contributed by atoms with van der Waals surface area (Å²) < 4.78 is 0. The number of hydrogen-bond donors (Lipinski definition) is 2. The van der Waals surface area contributed by atoms with Crippen molar-refractivity contribution >= 4 is 17.5 Å². The lowest BCUT2D eigenvalue weighted by atomic mass is 9.83. The summed E-state index contributed by atoms with van der Waals surface area (Å²) in [5.41, 5.74) is 3.37. The van der Waals surface area contributed by atoms with E-state index in [1.165, 1.54) is 17.7 Å². The first-order valence-corrected chi connectivity index (χ1v) is 9.05. The molecule has 4 heteroatoms. The van der Waals surface area contributed by atoms with E-state index in [1.807, 2.05) is 30.3 Å². The van der Waals surface area contributed by atoms with Crippen LogP contribution in [0.15, 0.2) is 66.7 Å². The van der Waals surface area contributed by atoms with Gasteiger partial charge in [-0.3, -0.25) is 4.79 Å². The van der Waals surface area contributed by atoms with Crippen LogP contribution in [0.4, 0.5) is 0 Å². The zero-order valence-corrected chi connectivity index (χ0v) is 14.2. The van der Waals surface area contributed by atoms with E-state index in [2.05, 4.69) is 12.1 Å². The topological polar surface area (TPSA) is 57.5 Å². The van der Waals surface area contributed by atoms with Gasteiger partial charge in [-0.1, -0.05) is 54.6 Å². The normalized spacial score (nSPS) is 13.4. The van der Waals surface area contributed by atoms with Crippen molar-refractivity contribution in [1.82, 2.24) is 0 Å². The molecule has 3 aromatic carbocycles. The lowest BCUT2D eigenvalue weighted by Gasteiger charge is -2.28. The predicted molar refractivity (Wildman–Crippen MR) is 99.2 cm³/mol. The van der Waals surface area contributed by atoms with Gasteiger partial charge >= 0.3 is 0 Å². The Balaban J connectivity index is 1.81. The molecule has 4 rings (SSSR count). The molecule has 0 spiro atoms. The number of phenolic OH excluding ortho intramolecular Hbond substituents is 2. The number of carbonyl (C=O) groups is 1. The lowest BCUT2D eigenvalue weighted by Crippen LogP contribution is -2.18. The van der Waals surface area contributed by atoms with Crippen molar-refractivity contribution in [2.24, 2.45) is 0 Å². The van der Waals surface area contributed by atoms with Gasteiger partial charge in [0, 0.05) is 5.75 Å². The molecule has 0 heterocycles. The molecule has 0 unspecified atom stereocenters. The first-order chi connectivity index (χ1) is 12.2. The molecular weight excluding hydrogens is 332 g/mol. The van der Waals surface area contributed by atoms with E-state index in [4.69, 9.17) is 0 Å². The van der Waals surface area contributed by atoms with Crippen molar-refractivity contribution in [3.8, 4) is 11.5 Å². The highest BCUT2D eigenvalue weighted by molar-refractivity contribution is 7.99. The van der Waals surface area contributed by atoms with E-state index in [1.54, 1.807) is 23.9 Å². The standard InChI is InChI=1S/C21H16O3S/c22-16-10-4-8-14-18(16)20(24)19-15(9-5-11-17(19)23)21(14)25-12-13-6-2-1-3-7-13/h1-11,21-23H,12H2. The Morgan fingerprint density at radius 3 is 1.88 bits per heavy atom. The first kappa shape index (κ1) is 15.8. The molecule has 0 aliphatic heterocycles. The Hall–Kier alpha value is -2.72. The van der Waals surface area contributed by atoms with Crippen LogP contribution < -0.4 is 0 Å². The van der Waals surface area contributed by atoms with Crippen LogP contribution in [-0.2, 0) is 5.75 Å². The predicted octanol–water partition coefficient (Wildman–Crippen LogP) is 4.67. The maximum absolute atomic E-state index is 12.8. The van der Waals surface area contributed by atoms with Crippen molar-refractivity contribution in [2.45, 2.75) is 11.0 Å². The fraction of sp³-hybridized carbons (Fsp3) is 0.0952. The SMILES string of the molecule is O=C1c2c(O)cccc2C(SCc2ccccc2)c2cccc(O)c21. The Labute approximate surface area is 150 Å². The van der Waals surface area contributed by atoms with Crippen LogP contribution in [0, 0.1) is 0 Å². The van der Waals surface area contributed by atoms with Crippen molar-refractivity contribution in [2.75, 3.05) is 0 Å². The van der Waals surface area contributed by atoms with E-state index in [-0.39, 0.29) is 22.5 Å². The van der Waals surface area contributed by atoms with Gasteiger partial charge in [0.25, 0.3) is 0 Å². The summed E-state index contributed by atoms with van der Waals surface area (Å²) in [5, 5.41) is 20.3. The number of fused-ring (bicyclic) bond motifs is 2. The van der Waals surface area contributed by atoms with Gasteiger partial charge < -0.3 is 10.2 Å². The summed E-state index contributed by atoms with van der Waals surface area (Å²) in [5.74, 6) is 0.366. The third-order valence-corrected chi connectivity index (χ3v) is 5.77. The summed E-state index contributed by atoms with van der Waals surface area (Å²) in [6, 6.07) is 20.4. The van der Waals surface area contributed by atoms with Gasteiger partial charge in [0.1, 0.15) is 11.5 Å². The summed E-state index contributed by atoms with van der Waals surface area (Å²) in [7, 11) is 0. The molecule has 0 radical (unpaired) electrons. The highest BCUT2D eigenvalue weighted by atomic mass is 32.2. The van der Waals surface area contributed by atoms with Gasteiger partial charge in [-0.15, -0.1) is 11.8 Å². The number of rotatable bonds is 3. The molecule has 1 aliphatic carbocycles. The smallest absolute Gasteiger partial charge is 0.201 e. The number of benzene rings is 3. The van der Waals surface area contributed by atoms with Crippen LogP contribution in [-0.4, -0.2) is 16.0 Å². The van der Waals surface area contributed by atoms with Crippen LogP contribution in [0.25, 0.3) is 0 Å². The van der Waals surface area contributed by atoms with Crippen LogP contribution >= 0.6 is 11.8 Å². The molecule has 0 saturated carbocycles. The van der Waals surface area contributed by atoms with Crippen LogP contribution in [0.5, 0.6) is 11.5 Å². The molecule has 1 aliphatic rings. The van der Waals surface area contributed by atoms with Gasteiger partial charge in [-0.2, -0.15) is 0 Å². The fourth-order valence-electron chi connectivity index (χ4n) is 3.27.